The predicted molar refractivity (Wildman–Crippen MR) is 96.8 cm³/mol. The van der Waals surface area contributed by atoms with E-state index in [2.05, 4.69) is 5.32 Å². The Morgan fingerprint density at radius 2 is 1.67 bits per heavy atom. The Morgan fingerprint density at radius 3 is 2.08 bits per heavy atom. The van der Waals surface area contributed by atoms with Crippen LogP contribution in [0.2, 0.25) is 0 Å². The number of carbonyl (C=O) groups is 1. The molecule has 0 bridgehead atoms. The molecule has 0 radical (unpaired) electrons. The van der Waals surface area contributed by atoms with Gasteiger partial charge in [0.2, 0.25) is 15.9 Å². The number of amides is 1. The quantitative estimate of drug-likeness (QED) is 0.776. The van der Waals surface area contributed by atoms with Crippen LogP contribution in [0.5, 0.6) is 5.75 Å². The summed E-state index contributed by atoms with van der Waals surface area (Å²) < 4.78 is 30.8. The minimum atomic E-state index is -3.57. The van der Waals surface area contributed by atoms with Crippen molar-refractivity contribution in [3.63, 3.8) is 0 Å². The van der Waals surface area contributed by atoms with Gasteiger partial charge < -0.3 is 10.1 Å². The molecule has 24 heavy (non-hydrogen) atoms. The number of carbonyl (C=O) groups excluding carboxylic acids is 1. The molecule has 0 fully saturated rings. The number of nitrogens with one attached hydrogen (secondary N) is 1. The zero-order chi connectivity index (χ0) is 18.5. The van der Waals surface area contributed by atoms with E-state index in [-0.39, 0.29) is 30.5 Å². The highest BCUT2D eigenvalue weighted by Crippen LogP contribution is 2.22. The van der Waals surface area contributed by atoms with Crippen LogP contribution in [-0.2, 0) is 14.8 Å². The van der Waals surface area contributed by atoms with Crippen molar-refractivity contribution < 1.29 is 17.9 Å². The standard InChI is InChI=1S/C17H28N2O4S/c1-12(2)14(5)18-17(20)11-19(24(6,21)22)15-7-9-16(10-8-15)23-13(3)4/h7-10,12-14H,11H2,1-6H3,(H,18,20)/t14-/m0/s1. The van der Waals surface area contributed by atoms with Gasteiger partial charge in [-0.15, -0.1) is 0 Å². The maximum atomic E-state index is 12.2. The first-order valence-electron chi connectivity index (χ1n) is 8.04. The summed E-state index contributed by atoms with van der Waals surface area (Å²) in [7, 11) is -3.57. The van der Waals surface area contributed by atoms with Gasteiger partial charge in [-0.05, 0) is 51.0 Å². The summed E-state index contributed by atoms with van der Waals surface area (Å²) in [6.07, 6.45) is 1.12. The van der Waals surface area contributed by atoms with Crippen molar-refractivity contribution in [2.75, 3.05) is 17.1 Å². The zero-order valence-electron chi connectivity index (χ0n) is 15.2. The number of ether oxygens (including phenoxy) is 1. The molecule has 0 unspecified atom stereocenters. The Bertz CT molecular complexity index is 639. The molecular weight excluding hydrogens is 328 g/mol. The van der Waals surface area contributed by atoms with E-state index in [0.717, 1.165) is 10.6 Å². The van der Waals surface area contributed by atoms with Crippen LogP contribution in [0.25, 0.3) is 0 Å². The highest BCUT2D eigenvalue weighted by Gasteiger charge is 2.22. The monoisotopic (exact) mass is 356 g/mol. The van der Waals surface area contributed by atoms with E-state index in [4.69, 9.17) is 4.74 Å². The predicted octanol–water partition coefficient (Wildman–Crippen LogP) is 2.40. The molecule has 0 spiro atoms. The lowest BCUT2D eigenvalue weighted by molar-refractivity contribution is -0.120. The molecule has 1 atom stereocenters. The second-order valence-electron chi connectivity index (χ2n) is 6.53. The van der Waals surface area contributed by atoms with Crippen molar-refractivity contribution in [1.82, 2.24) is 5.32 Å². The Kier molecular flexibility index (Phi) is 7.08. The van der Waals surface area contributed by atoms with Crippen LogP contribution in [0, 0.1) is 5.92 Å². The number of anilines is 1. The molecule has 1 amide bonds. The first kappa shape index (κ1) is 20.3. The largest absolute Gasteiger partial charge is 0.491 e. The molecule has 1 aromatic rings. The Balaban J connectivity index is 2.92. The van der Waals surface area contributed by atoms with E-state index in [1.165, 1.54) is 0 Å². The van der Waals surface area contributed by atoms with Crippen LogP contribution >= 0.6 is 0 Å². The van der Waals surface area contributed by atoms with E-state index in [1.54, 1.807) is 24.3 Å². The van der Waals surface area contributed by atoms with Crippen LogP contribution in [0.4, 0.5) is 5.69 Å². The summed E-state index contributed by atoms with van der Waals surface area (Å²) in [6.45, 7) is 9.46. The first-order valence-corrected chi connectivity index (χ1v) is 9.89. The summed E-state index contributed by atoms with van der Waals surface area (Å²) >= 11 is 0. The van der Waals surface area contributed by atoms with Gasteiger partial charge in [0.15, 0.2) is 0 Å². The second kappa shape index (κ2) is 8.37. The lowest BCUT2D eigenvalue weighted by atomic mass is 10.1. The van der Waals surface area contributed by atoms with E-state index in [1.807, 2.05) is 34.6 Å². The van der Waals surface area contributed by atoms with Gasteiger partial charge in [0, 0.05) is 6.04 Å². The SMILES string of the molecule is CC(C)Oc1ccc(N(CC(=O)N[C@@H](C)C(C)C)S(C)(=O)=O)cc1. The van der Waals surface area contributed by atoms with E-state index in [9.17, 15) is 13.2 Å². The number of benzene rings is 1. The summed E-state index contributed by atoms with van der Waals surface area (Å²) in [5.41, 5.74) is 0.431. The third-order valence-corrected chi connectivity index (χ3v) is 4.71. The summed E-state index contributed by atoms with van der Waals surface area (Å²) in [4.78, 5) is 12.2. The normalized spacial score (nSPS) is 13.0. The fourth-order valence-corrected chi connectivity index (χ4v) is 2.82. The van der Waals surface area contributed by atoms with Crippen molar-refractivity contribution in [2.45, 2.75) is 46.8 Å². The van der Waals surface area contributed by atoms with Gasteiger partial charge in [-0.3, -0.25) is 9.10 Å². The van der Waals surface area contributed by atoms with Crippen molar-refractivity contribution in [1.29, 1.82) is 0 Å². The molecule has 136 valence electrons. The Hall–Kier alpha value is -1.76. The minimum Gasteiger partial charge on any atom is -0.491 e. The third kappa shape index (κ3) is 6.39. The summed E-state index contributed by atoms with van der Waals surface area (Å²) in [6, 6.07) is 6.64. The van der Waals surface area contributed by atoms with Gasteiger partial charge >= 0.3 is 0 Å². The molecule has 0 aliphatic carbocycles. The van der Waals surface area contributed by atoms with Crippen molar-refractivity contribution in [2.24, 2.45) is 5.92 Å². The smallest absolute Gasteiger partial charge is 0.240 e. The Morgan fingerprint density at radius 1 is 1.12 bits per heavy atom. The summed E-state index contributed by atoms with van der Waals surface area (Å²) in [5.74, 6) is 0.595. The lowest BCUT2D eigenvalue weighted by Gasteiger charge is -2.24. The van der Waals surface area contributed by atoms with Crippen LogP contribution in [0.1, 0.15) is 34.6 Å². The van der Waals surface area contributed by atoms with Gasteiger partial charge in [0.05, 0.1) is 18.0 Å². The molecule has 1 N–H and O–H groups in total. The van der Waals surface area contributed by atoms with Crippen LogP contribution < -0.4 is 14.4 Å². The van der Waals surface area contributed by atoms with E-state index >= 15 is 0 Å². The van der Waals surface area contributed by atoms with Crippen LogP contribution in [0.3, 0.4) is 0 Å². The number of rotatable bonds is 8. The average molecular weight is 356 g/mol. The van der Waals surface area contributed by atoms with Gasteiger partial charge in [0.1, 0.15) is 12.3 Å². The van der Waals surface area contributed by atoms with Crippen LogP contribution in [-0.4, -0.2) is 39.3 Å². The maximum absolute atomic E-state index is 12.2. The molecule has 7 heteroatoms. The molecule has 0 aliphatic rings. The molecule has 0 aromatic heterocycles. The van der Waals surface area contributed by atoms with Crippen LogP contribution in [0.15, 0.2) is 24.3 Å². The second-order valence-corrected chi connectivity index (χ2v) is 8.44. The molecule has 1 rings (SSSR count). The molecule has 0 aliphatic heterocycles. The maximum Gasteiger partial charge on any atom is 0.240 e. The fourth-order valence-electron chi connectivity index (χ4n) is 1.96. The van der Waals surface area contributed by atoms with Crippen molar-refractivity contribution in [3.8, 4) is 5.75 Å². The van der Waals surface area contributed by atoms with Gasteiger partial charge in [0.25, 0.3) is 0 Å². The fraction of sp³-hybridized carbons (Fsp3) is 0.588. The molecule has 0 saturated heterocycles. The van der Waals surface area contributed by atoms with Gasteiger partial charge in [-0.2, -0.15) is 0 Å². The molecule has 1 aromatic carbocycles. The number of sulfonamides is 1. The topological polar surface area (TPSA) is 75.7 Å². The number of hydrogen-bond acceptors (Lipinski definition) is 4. The average Bonchev–Trinajstić information content (AvgIpc) is 2.44. The summed E-state index contributed by atoms with van der Waals surface area (Å²) in [5, 5.41) is 2.82. The highest BCUT2D eigenvalue weighted by atomic mass is 32.2. The van der Waals surface area contributed by atoms with Crippen molar-refractivity contribution in [3.05, 3.63) is 24.3 Å². The van der Waals surface area contributed by atoms with Crippen molar-refractivity contribution >= 4 is 21.6 Å². The number of nitrogens with zero attached hydrogens (tertiary/aromatic N) is 1. The third-order valence-electron chi connectivity index (χ3n) is 3.57. The molecule has 6 nitrogen and oxygen atoms in total. The van der Waals surface area contributed by atoms with E-state index < -0.39 is 10.0 Å². The zero-order valence-corrected chi connectivity index (χ0v) is 16.1. The number of hydrogen-bond donors (Lipinski definition) is 1. The molecular formula is C17H28N2O4S. The molecule has 0 saturated carbocycles. The van der Waals surface area contributed by atoms with Gasteiger partial charge in [-0.1, -0.05) is 13.8 Å². The van der Waals surface area contributed by atoms with E-state index in [0.29, 0.717) is 11.4 Å². The Labute approximate surface area is 145 Å². The molecule has 0 heterocycles. The van der Waals surface area contributed by atoms with Gasteiger partial charge in [-0.25, -0.2) is 8.42 Å². The minimum absolute atomic E-state index is 0.0271. The first-order chi connectivity index (χ1) is 11.0. The lowest BCUT2D eigenvalue weighted by Crippen LogP contribution is -2.44. The highest BCUT2D eigenvalue weighted by molar-refractivity contribution is 7.92.